The highest BCUT2D eigenvalue weighted by molar-refractivity contribution is 7.99. The molecule has 9 heteroatoms. The Labute approximate surface area is 165 Å². The fraction of sp³-hybridized carbons (Fsp3) is 0.211. The van der Waals surface area contributed by atoms with Crippen LogP contribution in [0.4, 0.5) is 11.4 Å². The van der Waals surface area contributed by atoms with E-state index in [4.69, 9.17) is 4.42 Å². The fourth-order valence-corrected chi connectivity index (χ4v) is 3.13. The van der Waals surface area contributed by atoms with E-state index in [-0.39, 0.29) is 34.4 Å². The maximum atomic E-state index is 12.3. The van der Waals surface area contributed by atoms with Crippen molar-refractivity contribution < 1.29 is 14.1 Å². The molecule has 8 nitrogen and oxygen atoms in total. The van der Waals surface area contributed by atoms with E-state index in [0.29, 0.717) is 5.56 Å². The lowest BCUT2D eigenvalue weighted by Gasteiger charge is -2.13. The number of carbonyl (C=O) groups is 1. The van der Waals surface area contributed by atoms with Crippen molar-refractivity contribution in [3.05, 3.63) is 64.2 Å². The number of hydrogen-bond donors (Lipinski definition) is 1. The third-order valence-electron chi connectivity index (χ3n) is 3.89. The van der Waals surface area contributed by atoms with Crippen LogP contribution < -0.4 is 5.32 Å². The van der Waals surface area contributed by atoms with Crippen LogP contribution in [0.5, 0.6) is 0 Å². The molecule has 0 spiro atoms. The van der Waals surface area contributed by atoms with E-state index in [2.05, 4.69) is 29.4 Å². The molecule has 0 bridgehead atoms. The summed E-state index contributed by atoms with van der Waals surface area (Å²) in [5.41, 5.74) is 2.23. The molecular formula is C19H18N4O4S. The van der Waals surface area contributed by atoms with Crippen LogP contribution >= 0.6 is 11.8 Å². The Kier molecular flexibility index (Phi) is 6.05. The number of carbonyl (C=O) groups excluding carboxylic acids is 1. The maximum absolute atomic E-state index is 12.3. The Morgan fingerprint density at radius 2 is 2.00 bits per heavy atom. The first-order chi connectivity index (χ1) is 13.4. The van der Waals surface area contributed by atoms with Crippen molar-refractivity contribution in [1.82, 2.24) is 10.2 Å². The predicted octanol–water partition coefficient (Wildman–Crippen LogP) is 4.50. The Morgan fingerprint density at radius 3 is 2.75 bits per heavy atom. The zero-order chi connectivity index (χ0) is 20.1. The van der Waals surface area contributed by atoms with Crippen molar-refractivity contribution in [3.8, 4) is 11.5 Å². The second-order valence-corrected chi connectivity index (χ2v) is 7.19. The summed E-state index contributed by atoms with van der Waals surface area (Å²) in [6, 6.07) is 13.6. The van der Waals surface area contributed by atoms with Gasteiger partial charge in [0.25, 0.3) is 10.9 Å². The quantitative estimate of drug-likeness (QED) is 0.354. The van der Waals surface area contributed by atoms with E-state index in [9.17, 15) is 14.9 Å². The number of benzene rings is 2. The summed E-state index contributed by atoms with van der Waals surface area (Å²) in [5, 5.41) is 21.8. The van der Waals surface area contributed by atoms with E-state index in [1.165, 1.54) is 12.1 Å². The van der Waals surface area contributed by atoms with Crippen LogP contribution in [0.25, 0.3) is 11.5 Å². The first kappa shape index (κ1) is 19.6. The van der Waals surface area contributed by atoms with Gasteiger partial charge in [0.05, 0.1) is 10.7 Å². The van der Waals surface area contributed by atoms with Gasteiger partial charge in [0.2, 0.25) is 11.8 Å². The summed E-state index contributed by atoms with van der Waals surface area (Å²) in [6.07, 6.45) is 0. The lowest BCUT2D eigenvalue weighted by atomic mass is 10.0. The number of hydrogen-bond acceptors (Lipinski definition) is 7. The minimum absolute atomic E-state index is 0.0619. The van der Waals surface area contributed by atoms with Gasteiger partial charge >= 0.3 is 0 Å². The van der Waals surface area contributed by atoms with E-state index < -0.39 is 4.92 Å². The average Bonchev–Trinajstić information content (AvgIpc) is 3.16. The van der Waals surface area contributed by atoms with Crippen molar-refractivity contribution in [2.45, 2.75) is 25.0 Å². The maximum Gasteiger partial charge on any atom is 0.277 e. The van der Waals surface area contributed by atoms with Gasteiger partial charge in [-0.25, -0.2) is 0 Å². The normalized spacial score (nSPS) is 10.8. The van der Waals surface area contributed by atoms with Crippen molar-refractivity contribution in [2.75, 3.05) is 11.1 Å². The number of non-ortho nitro benzene ring substituents is 1. The number of thioether (sulfide) groups is 1. The molecule has 3 rings (SSSR count). The van der Waals surface area contributed by atoms with Crippen LogP contribution in [0.3, 0.4) is 0 Å². The zero-order valence-electron chi connectivity index (χ0n) is 15.3. The standard InChI is InChI=1S/C19H18N4O4S/c1-12(2)15-8-3-4-9-16(15)20-17(24)11-28-19-22-21-18(27-19)13-6-5-7-14(10-13)23(25)26/h3-10,12H,11H2,1-2H3,(H,20,24). The highest BCUT2D eigenvalue weighted by Gasteiger charge is 2.15. The second kappa shape index (κ2) is 8.66. The number of amides is 1. The molecule has 0 aliphatic rings. The number of para-hydroxylation sites is 1. The Hall–Kier alpha value is -3.20. The van der Waals surface area contributed by atoms with Gasteiger partial charge in [0.1, 0.15) is 0 Å². The molecule has 1 amide bonds. The third kappa shape index (κ3) is 4.74. The fourth-order valence-electron chi connectivity index (χ4n) is 2.57. The molecule has 0 radical (unpaired) electrons. The van der Waals surface area contributed by atoms with Gasteiger partial charge in [0, 0.05) is 23.4 Å². The number of nitrogens with one attached hydrogen (secondary N) is 1. The van der Waals surface area contributed by atoms with Crippen LogP contribution in [0.2, 0.25) is 0 Å². The molecule has 0 aliphatic heterocycles. The molecule has 0 saturated heterocycles. The molecule has 1 N–H and O–H groups in total. The molecule has 0 fully saturated rings. The average molecular weight is 398 g/mol. The van der Waals surface area contributed by atoms with Crippen LogP contribution in [0, 0.1) is 10.1 Å². The summed E-state index contributed by atoms with van der Waals surface area (Å²) in [6.45, 7) is 4.13. The Bertz CT molecular complexity index is 1000. The summed E-state index contributed by atoms with van der Waals surface area (Å²) in [4.78, 5) is 22.6. The topological polar surface area (TPSA) is 111 Å². The lowest BCUT2D eigenvalue weighted by Crippen LogP contribution is -2.15. The van der Waals surface area contributed by atoms with Crippen LogP contribution in [-0.2, 0) is 4.79 Å². The smallest absolute Gasteiger partial charge is 0.277 e. The SMILES string of the molecule is CC(C)c1ccccc1NC(=O)CSc1nnc(-c2cccc([N+](=O)[O-])c2)o1. The number of nitro benzene ring substituents is 1. The van der Waals surface area contributed by atoms with Gasteiger partial charge in [-0.15, -0.1) is 10.2 Å². The van der Waals surface area contributed by atoms with Crippen LogP contribution in [0.1, 0.15) is 25.3 Å². The van der Waals surface area contributed by atoms with Gasteiger partial charge in [-0.3, -0.25) is 14.9 Å². The molecule has 2 aromatic carbocycles. The minimum Gasteiger partial charge on any atom is -0.411 e. The van der Waals surface area contributed by atoms with Crippen LogP contribution in [-0.4, -0.2) is 26.8 Å². The molecule has 1 heterocycles. The van der Waals surface area contributed by atoms with E-state index in [1.807, 2.05) is 24.3 Å². The number of aromatic nitrogens is 2. The Morgan fingerprint density at radius 1 is 1.21 bits per heavy atom. The summed E-state index contributed by atoms with van der Waals surface area (Å²) in [5.74, 6) is 0.366. The van der Waals surface area contributed by atoms with E-state index in [0.717, 1.165) is 23.0 Å². The summed E-state index contributed by atoms with van der Waals surface area (Å²) < 4.78 is 5.51. The largest absolute Gasteiger partial charge is 0.411 e. The zero-order valence-corrected chi connectivity index (χ0v) is 16.1. The summed E-state index contributed by atoms with van der Waals surface area (Å²) in [7, 11) is 0. The predicted molar refractivity (Wildman–Crippen MR) is 106 cm³/mol. The van der Waals surface area contributed by atoms with Crippen LogP contribution in [0.15, 0.2) is 58.2 Å². The van der Waals surface area contributed by atoms with E-state index in [1.54, 1.807) is 12.1 Å². The van der Waals surface area contributed by atoms with E-state index >= 15 is 0 Å². The Balaban J connectivity index is 1.63. The molecule has 1 aromatic heterocycles. The number of anilines is 1. The van der Waals surface area contributed by atoms with Crippen molar-refractivity contribution in [2.24, 2.45) is 0 Å². The van der Waals surface area contributed by atoms with Crippen molar-refractivity contribution >= 4 is 29.0 Å². The van der Waals surface area contributed by atoms with Gasteiger partial charge in [-0.1, -0.05) is 49.9 Å². The second-order valence-electron chi connectivity index (χ2n) is 6.26. The number of nitro groups is 1. The highest BCUT2D eigenvalue weighted by atomic mass is 32.2. The number of nitrogens with zero attached hydrogens (tertiary/aromatic N) is 3. The van der Waals surface area contributed by atoms with Gasteiger partial charge < -0.3 is 9.73 Å². The minimum atomic E-state index is -0.491. The van der Waals surface area contributed by atoms with Gasteiger partial charge in [0.15, 0.2) is 0 Å². The lowest BCUT2D eigenvalue weighted by molar-refractivity contribution is -0.384. The monoisotopic (exact) mass is 398 g/mol. The highest BCUT2D eigenvalue weighted by Crippen LogP contribution is 2.27. The number of rotatable bonds is 7. The molecule has 0 saturated carbocycles. The molecule has 0 aliphatic carbocycles. The summed E-state index contributed by atoms with van der Waals surface area (Å²) >= 11 is 1.10. The van der Waals surface area contributed by atoms with Gasteiger partial charge in [-0.05, 0) is 23.6 Å². The molecule has 0 unspecified atom stereocenters. The first-order valence-corrected chi connectivity index (χ1v) is 9.52. The third-order valence-corrected chi connectivity index (χ3v) is 4.71. The van der Waals surface area contributed by atoms with Crippen molar-refractivity contribution in [3.63, 3.8) is 0 Å². The van der Waals surface area contributed by atoms with Gasteiger partial charge in [-0.2, -0.15) is 0 Å². The molecular weight excluding hydrogens is 380 g/mol. The molecule has 0 atom stereocenters. The molecule has 3 aromatic rings. The molecule has 144 valence electrons. The first-order valence-electron chi connectivity index (χ1n) is 8.54. The van der Waals surface area contributed by atoms with Crippen molar-refractivity contribution in [1.29, 1.82) is 0 Å². The molecule has 28 heavy (non-hydrogen) atoms.